The van der Waals surface area contributed by atoms with Crippen molar-refractivity contribution in [3.05, 3.63) is 353 Å². The number of hydrogen-bond donors (Lipinski definition) is 0. The predicted octanol–water partition coefficient (Wildman–Crippen LogP) is 24.5. The van der Waals surface area contributed by atoms with Crippen molar-refractivity contribution in [1.29, 1.82) is 0 Å². The van der Waals surface area contributed by atoms with E-state index in [0.29, 0.717) is 0 Å². The number of hydrogen-bond acceptors (Lipinski definition) is 0. The van der Waals surface area contributed by atoms with E-state index in [0.717, 1.165) is 0 Å². The third-order valence-electron chi connectivity index (χ3n) is 20.3. The van der Waals surface area contributed by atoms with Gasteiger partial charge in [0.2, 0.25) is 0 Å². The Hall–Kier alpha value is -11.4. The zero-order valence-electron chi connectivity index (χ0n) is 49.9. The van der Waals surface area contributed by atoms with Gasteiger partial charge in [0, 0.05) is 0 Å². The van der Waals surface area contributed by atoms with Gasteiger partial charge in [0.05, 0.1) is 0 Å². The maximum Gasteiger partial charge on any atom is -0.0000940 e. The second-order valence-electron chi connectivity index (χ2n) is 24.9. The Balaban J connectivity index is 1.04. The van der Waals surface area contributed by atoms with Crippen LogP contribution in [0.1, 0.15) is 44.5 Å². The monoisotopic (exact) mass is 1140 g/mol. The highest BCUT2D eigenvalue weighted by Crippen LogP contribution is 2.65. The largest absolute Gasteiger partial charge is 0.0616 e. The van der Waals surface area contributed by atoms with Crippen molar-refractivity contribution in [3.8, 4) is 22.3 Å². The average molecular weight is 1140 g/mol. The summed E-state index contributed by atoms with van der Waals surface area (Å²) >= 11 is 0. The molecule has 17 aromatic rings. The zero-order valence-corrected chi connectivity index (χ0v) is 49.9. The summed E-state index contributed by atoms with van der Waals surface area (Å²) in [4.78, 5) is 0. The van der Waals surface area contributed by atoms with Crippen LogP contribution in [-0.4, -0.2) is 0 Å². The van der Waals surface area contributed by atoms with Crippen molar-refractivity contribution >= 4 is 136 Å². The van der Waals surface area contributed by atoms with Crippen LogP contribution >= 0.6 is 0 Å². The van der Waals surface area contributed by atoms with Gasteiger partial charge in [0.1, 0.15) is 0 Å². The van der Waals surface area contributed by atoms with E-state index < -0.39 is 0 Å². The minimum Gasteiger partial charge on any atom is -0.0616 e. The first-order valence-electron chi connectivity index (χ1n) is 31.5. The molecule has 0 unspecified atom stereocenters. The van der Waals surface area contributed by atoms with Crippen LogP contribution < -0.4 is 0 Å². The molecule has 0 nitrogen and oxygen atoms in total. The average Bonchev–Trinajstić information content (AvgIpc) is 1.51. The molecule has 0 fully saturated rings. The number of rotatable bonds is 6. The first-order valence-corrected chi connectivity index (χ1v) is 31.5. The Bertz CT molecular complexity index is 6150. The van der Waals surface area contributed by atoms with E-state index in [1.54, 1.807) is 0 Å². The Morgan fingerprint density at radius 3 is 0.789 bits per heavy atom. The summed E-state index contributed by atoms with van der Waals surface area (Å²) in [7, 11) is 0. The topological polar surface area (TPSA) is 0 Å². The predicted molar refractivity (Wildman–Crippen MR) is 387 cm³/mol. The summed E-state index contributed by atoms with van der Waals surface area (Å²) in [5.74, 6) is 0. The van der Waals surface area contributed by atoms with E-state index in [4.69, 9.17) is 0 Å². The molecule has 0 aliphatic heterocycles. The van der Waals surface area contributed by atoms with Crippen LogP contribution in [0, 0.1) is 13.8 Å². The molecule has 0 spiro atoms. The molecule has 90 heavy (non-hydrogen) atoms. The van der Waals surface area contributed by atoms with E-state index in [1.807, 2.05) is 0 Å². The highest BCUT2D eigenvalue weighted by molar-refractivity contribution is 6.42. The van der Waals surface area contributed by atoms with Crippen molar-refractivity contribution in [3.63, 3.8) is 0 Å². The standard InChI is InChI=1S/C90H56/c1-53-81(65-45-41-61-37-33-57-19-5-11-27-71(57)77(61)49-65)82(66-46-42-62-38-34-58-20-6-12-28-72(58)78(62)50-66)54(2)84-83(53)87(75-31-15-23-55-17-3-9-25-69(55)75)90-86(68-48-44-64-40-36-60-22-8-14-30-74(60)80(64)52-68)85(88(89(84)90)76-32-16-24-56-18-4-10-26-70(56)76)67-47-43-63-39-35-59-21-7-13-29-73(59)79(63)51-67/h3-52H,1-2H3. The van der Waals surface area contributed by atoms with Crippen LogP contribution in [0.5, 0.6) is 0 Å². The smallest absolute Gasteiger partial charge is 0.0000940 e. The lowest BCUT2D eigenvalue weighted by atomic mass is 9.77. The van der Waals surface area contributed by atoms with Crippen LogP contribution in [-0.2, 0) is 0 Å². The SMILES string of the molecule is Cc1c2c(c(C)c(-c3ccc4ccc5ccccc5c4c3)c1-c1ccc3ccc4ccccc4c3c1)C(c1cccc3ccccc13)=C1C(c3ccc4ccc5ccccc5c4c3)=C(c3ccc4ccc5ccccc5c4c3)C(c3cccc4ccccc34)=C12. The second kappa shape index (κ2) is 19.5. The molecular formula is C90H56. The van der Waals surface area contributed by atoms with Crippen LogP contribution in [0.3, 0.4) is 0 Å². The van der Waals surface area contributed by atoms with Gasteiger partial charge in [-0.25, -0.2) is 0 Å². The van der Waals surface area contributed by atoms with Gasteiger partial charge in [0.25, 0.3) is 0 Å². The Morgan fingerprint density at radius 1 is 0.156 bits per heavy atom. The summed E-state index contributed by atoms with van der Waals surface area (Å²) in [6.07, 6.45) is 0. The Morgan fingerprint density at radius 2 is 0.411 bits per heavy atom. The molecule has 0 N–H and O–H groups in total. The minimum absolute atomic E-state index is 1.19. The van der Waals surface area contributed by atoms with Gasteiger partial charge < -0.3 is 0 Å². The molecule has 0 atom stereocenters. The van der Waals surface area contributed by atoms with Crippen LogP contribution in [0.15, 0.2) is 309 Å². The number of fused-ring (bicyclic) bond motifs is 17. The molecule has 0 amide bonds. The van der Waals surface area contributed by atoms with Crippen molar-refractivity contribution in [2.24, 2.45) is 0 Å². The molecule has 0 heteroatoms. The molecule has 0 bridgehead atoms. The van der Waals surface area contributed by atoms with Crippen molar-refractivity contribution < 1.29 is 0 Å². The van der Waals surface area contributed by atoms with Crippen LogP contribution in [0.25, 0.3) is 158 Å². The highest BCUT2D eigenvalue weighted by Gasteiger charge is 2.44. The van der Waals surface area contributed by atoms with E-state index in [2.05, 4.69) is 317 Å². The molecule has 416 valence electrons. The summed E-state index contributed by atoms with van der Waals surface area (Å²) in [5.41, 5.74) is 22.5. The van der Waals surface area contributed by atoms with Crippen LogP contribution in [0.2, 0.25) is 0 Å². The summed E-state index contributed by atoms with van der Waals surface area (Å²) in [6.45, 7) is 4.91. The maximum atomic E-state index is 2.53. The molecular weight excluding hydrogens is 1080 g/mol. The van der Waals surface area contributed by atoms with Gasteiger partial charge in [0.15, 0.2) is 0 Å². The quantitative estimate of drug-likeness (QED) is 0.146. The molecule has 0 saturated heterocycles. The Labute approximate surface area is 521 Å². The van der Waals surface area contributed by atoms with Gasteiger partial charge in [-0.15, -0.1) is 0 Å². The number of allylic oxidation sites excluding steroid dienone is 5. The molecule has 2 aliphatic carbocycles. The van der Waals surface area contributed by atoms with E-state index >= 15 is 0 Å². The van der Waals surface area contributed by atoms with E-state index in [1.165, 1.54) is 208 Å². The lowest BCUT2D eigenvalue weighted by Crippen LogP contribution is -2.04. The second-order valence-corrected chi connectivity index (χ2v) is 24.9. The lowest BCUT2D eigenvalue weighted by Gasteiger charge is -2.25. The van der Waals surface area contributed by atoms with E-state index in [-0.39, 0.29) is 0 Å². The normalized spacial score (nSPS) is 13.3. The number of benzene rings is 17. The van der Waals surface area contributed by atoms with Gasteiger partial charge in [-0.05, 0) is 246 Å². The van der Waals surface area contributed by atoms with Gasteiger partial charge >= 0.3 is 0 Å². The molecule has 0 radical (unpaired) electrons. The maximum absolute atomic E-state index is 2.53. The molecule has 0 saturated carbocycles. The van der Waals surface area contributed by atoms with Gasteiger partial charge in [-0.3, -0.25) is 0 Å². The first-order chi connectivity index (χ1) is 44.5. The third kappa shape index (κ3) is 7.43. The summed E-state index contributed by atoms with van der Waals surface area (Å²) < 4.78 is 0. The van der Waals surface area contributed by atoms with Gasteiger partial charge in [-0.2, -0.15) is 0 Å². The van der Waals surface area contributed by atoms with Crippen molar-refractivity contribution in [2.75, 3.05) is 0 Å². The summed E-state index contributed by atoms with van der Waals surface area (Å²) in [5, 5.41) is 24.8. The highest BCUT2D eigenvalue weighted by atomic mass is 14.5. The van der Waals surface area contributed by atoms with E-state index in [9.17, 15) is 0 Å². The molecule has 0 aromatic heterocycles. The Kier molecular flexibility index (Phi) is 11.0. The fourth-order valence-electron chi connectivity index (χ4n) is 16.2. The summed E-state index contributed by atoms with van der Waals surface area (Å²) in [6, 6.07) is 115. The fraction of sp³-hybridized carbons (Fsp3) is 0.0222. The van der Waals surface area contributed by atoms with Crippen LogP contribution in [0.4, 0.5) is 0 Å². The zero-order chi connectivity index (χ0) is 59.3. The molecule has 2 aliphatic rings. The minimum atomic E-state index is 1.19. The fourth-order valence-corrected chi connectivity index (χ4v) is 16.2. The van der Waals surface area contributed by atoms with Crippen molar-refractivity contribution in [1.82, 2.24) is 0 Å². The molecule has 17 aromatic carbocycles. The molecule has 19 rings (SSSR count). The molecule has 0 heterocycles. The van der Waals surface area contributed by atoms with Gasteiger partial charge in [-0.1, -0.05) is 279 Å². The third-order valence-corrected chi connectivity index (χ3v) is 20.3. The van der Waals surface area contributed by atoms with Crippen molar-refractivity contribution in [2.45, 2.75) is 13.8 Å². The first kappa shape index (κ1) is 50.7. The lowest BCUT2D eigenvalue weighted by molar-refractivity contribution is 1.34.